The third-order valence-electron chi connectivity index (χ3n) is 8.03. The molecular formula is C26H39N3O. The third kappa shape index (κ3) is 4.90. The SMILES string of the molecule is CN1C(=N)C[C@](CCC2CCCCC2)(C[C@H]2CCC[C@@H](Nc3ccccc3)C2)C1=O. The van der Waals surface area contributed by atoms with E-state index in [2.05, 4.69) is 35.6 Å². The highest BCUT2D eigenvalue weighted by atomic mass is 16.2. The van der Waals surface area contributed by atoms with Crippen molar-refractivity contribution in [1.29, 1.82) is 5.41 Å². The summed E-state index contributed by atoms with van der Waals surface area (Å²) in [7, 11) is 1.81. The lowest BCUT2D eigenvalue weighted by atomic mass is 9.68. The van der Waals surface area contributed by atoms with Crippen LogP contribution in [0.4, 0.5) is 5.69 Å². The van der Waals surface area contributed by atoms with Crippen LogP contribution in [0.2, 0.25) is 0 Å². The van der Waals surface area contributed by atoms with Crippen LogP contribution in [-0.2, 0) is 4.79 Å². The van der Waals surface area contributed by atoms with Gasteiger partial charge < -0.3 is 10.2 Å². The molecule has 1 heterocycles. The highest BCUT2D eigenvalue weighted by molar-refractivity contribution is 6.06. The summed E-state index contributed by atoms with van der Waals surface area (Å²) in [5.41, 5.74) is 0.886. The Bertz CT molecular complexity index is 727. The lowest BCUT2D eigenvalue weighted by Gasteiger charge is -2.37. The van der Waals surface area contributed by atoms with Gasteiger partial charge in [-0.15, -0.1) is 0 Å². The van der Waals surface area contributed by atoms with Crippen LogP contribution in [0, 0.1) is 22.7 Å². The van der Waals surface area contributed by atoms with Crippen molar-refractivity contribution in [3.8, 4) is 0 Å². The molecule has 2 N–H and O–H groups in total. The van der Waals surface area contributed by atoms with E-state index in [-0.39, 0.29) is 11.3 Å². The van der Waals surface area contributed by atoms with E-state index in [4.69, 9.17) is 5.41 Å². The largest absolute Gasteiger partial charge is 0.382 e. The number of likely N-dealkylation sites (tertiary alicyclic amines) is 1. The van der Waals surface area contributed by atoms with E-state index in [1.165, 1.54) is 63.5 Å². The second kappa shape index (κ2) is 9.53. The second-order valence-corrected chi connectivity index (χ2v) is 10.3. The number of carbonyl (C=O) groups is 1. The van der Waals surface area contributed by atoms with Gasteiger partial charge in [-0.25, -0.2) is 0 Å². The third-order valence-corrected chi connectivity index (χ3v) is 8.03. The Hall–Kier alpha value is -1.84. The number of nitrogens with zero attached hydrogens (tertiary/aromatic N) is 1. The normalized spacial score (nSPS) is 30.6. The molecule has 3 aliphatic rings. The van der Waals surface area contributed by atoms with Crippen LogP contribution in [0.25, 0.3) is 0 Å². The molecule has 2 aliphatic carbocycles. The fraction of sp³-hybridized carbons (Fsp3) is 0.692. The molecule has 1 aliphatic heterocycles. The number of hydrogen-bond donors (Lipinski definition) is 2. The van der Waals surface area contributed by atoms with E-state index in [1.807, 2.05) is 7.05 Å². The predicted molar refractivity (Wildman–Crippen MR) is 124 cm³/mol. The highest BCUT2D eigenvalue weighted by Crippen LogP contribution is 2.47. The Morgan fingerprint density at radius 1 is 1.03 bits per heavy atom. The quantitative estimate of drug-likeness (QED) is 0.560. The van der Waals surface area contributed by atoms with Gasteiger partial charge in [-0.2, -0.15) is 0 Å². The Morgan fingerprint density at radius 3 is 2.47 bits per heavy atom. The minimum Gasteiger partial charge on any atom is -0.382 e. The first-order chi connectivity index (χ1) is 14.6. The molecule has 4 heteroatoms. The molecule has 164 valence electrons. The highest BCUT2D eigenvalue weighted by Gasteiger charge is 2.49. The first kappa shape index (κ1) is 21.4. The van der Waals surface area contributed by atoms with E-state index < -0.39 is 0 Å². The average Bonchev–Trinajstić information content (AvgIpc) is 2.98. The Labute approximate surface area is 182 Å². The van der Waals surface area contributed by atoms with Gasteiger partial charge in [0.25, 0.3) is 0 Å². The number of hydrogen-bond acceptors (Lipinski definition) is 3. The molecular weight excluding hydrogens is 370 g/mol. The molecule has 4 rings (SSSR count). The van der Waals surface area contributed by atoms with Crippen molar-refractivity contribution in [3.63, 3.8) is 0 Å². The van der Waals surface area contributed by atoms with Gasteiger partial charge in [0.2, 0.25) is 5.91 Å². The van der Waals surface area contributed by atoms with Crippen LogP contribution in [0.5, 0.6) is 0 Å². The van der Waals surface area contributed by atoms with Gasteiger partial charge in [0.1, 0.15) is 5.84 Å². The number of amides is 1. The summed E-state index contributed by atoms with van der Waals surface area (Å²) in [5, 5.41) is 12.1. The maximum absolute atomic E-state index is 13.3. The first-order valence-electron chi connectivity index (χ1n) is 12.2. The van der Waals surface area contributed by atoms with Crippen LogP contribution in [0.15, 0.2) is 30.3 Å². The standard InChI is InChI=1S/C26H39N3O/c1-29-24(27)19-26(25(29)30,16-15-20-9-4-2-5-10-20)18-21-11-8-14-23(17-21)28-22-12-6-3-7-13-22/h3,6-7,12-13,20-21,23,27-28H,2,4-5,8-11,14-19H2,1H3/t21-,23+,26-/m0/s1. The molecule has 30 heavy (non-hydrogen) atoms. The molecule has 1 saturated heterocycles. The average molecular weight is 410 g/mol. The number of para-hydroxylation sites is 1. The molecule has 0 radical (unpaired) electrons. The van der Waals surface area contributed by atoms with Gasteiger partial charge in [0.15, 0.2) is 0 Å². The van der Waals surface area contributed by atoms with Crippen molar-refractivity contribution in [1.82, 2.24) is 4.90 Å². The van der Waals surface area contributed by atoms with Gasteiger partial charge in [0, 0.05) is 25.2 Å². The van der Waals surface area contributed by atoms with Gasteiger partial charge in [0.05, 0.1) is 5.41 Å². The van der Waals surface area contributed by atoms with E-state index in [0.717, 1.165) is 25.2 Å². The molecule has 2 saturated carbocycles. The lowest BCUT2D eigenvalue weighted by molar-refractivity contribution is -0.135. The minimum absolute atomic E-state index is 0.224. The summed E-state index contributed by atoms with van der Waals surface area (Å²) in [6, 6.07) is 11.0. The molecule has 1 aromatic rings. The minimum atomic E-state index is -0.317. The predicted octanol–water partition coefficient (Wildman–Crippen LogP) is 6.23. The molecule has 0 bridgehead atoms. The van der Waals surface area contributed by atoms with Crippen molar-refractivity contribution in [2.45, 2.75) is 89.5 Å². The van der Waals surface area contributed by atoms with Crippen molar-refractivity contribution in [3.05, 3.63) is 30.3 Å². The Balaban J connectivity index is 1.41. The molecule has 0 aromatic heterocycles. The zero-order valence-corrected chi connectivity index (χ0v) is 18.7. The summed E-state index contributed by atoms with van der Waals surface area (Å²) in [6.45, 7) is 0. The fourth-order valence-electron chi connectivity index (χ4n) is 6.34. The summed E-state index contributed by atoms with van der Waals surface area (Å²) >= 11 is 0. The van der Waals surface area contributed by atoms with Gasteiger partial charge in [-0.1, -0.05) is 63.1 Å². The fourth-order valence-corrected chi connectivity index (χ4v) is 6.34. The molecule has 0 spiro atoms. The van der Waals surface area contributed by atoms with Crippen LogP contribution >= 0.6 is 0 Å². The summed E-state index contributed by atoms with van der Waals surface area (Å²) in [5.74, 6) is 2.12. The maximum atomic E-state index is 13.3. The van der Waals surface area contributed by atoms with Crippen molar-refractivity contribution in [2.24, 2.45) is 17.3 Å². The molecule has 1 amide bonds. The van der Waals surface area contributed by atoms with Crippen LogP contribution in [-0.4, -0.2) is 29.7 Å². The Morgan fingerprint density at radius 2 is 1.77 bits per heavy atom. The molecule has 0 unspecified atom stereocenters. The van der Waals surface area contributed by atoms with E-state index in [1.54, 1.807) is 4.90 Å². The number of carbonyl (C=O) groups excluding carboxylic acids is 1. The van der Waals surface area contributed by atoms with E-state index in [0.29, 0.717) is 24.2 Å². The van der Waals surface area contributed by atoms with Crippen LogP contribution in [0.1, 0.15) is 83.5 Å². The zero-order chi connectivity index (χ0) is 21.0. The first-order valence-corrected chi connectivity index (χ1v) is 12.2. The number of benzene rings is 1. The molecule has 3 fully saturated rings. The molecule has 3 atom stereocenters. The summed E-state index contributed by atoms with van der Waals surface area (Å²) in [4.78, 5) is 15.0. The topological polar surface area (TPSA) is 56.2 Å². The maximum Gasteiger partial charge on any atom is 0.234 e. The van der Waals surface area contributed by atoms with Crippen LogP contribution < -0.4 is 5.32 Å². The number of amidine groups is 1. The van der Waals surface area contributed by atoms with Gasteiger partial charge >= 0.3 is 0 Å². The number of anilines is 1. The van der Waals surface area contributed by atoms with E-state index in [9.17, 15) is 4.79 Å². The Kier molecular flexibility index (Phi) is 6.80. The van der Waals surface area contributed by atoms with Crippen molar-refractivity contribution < 1.29 is 4.79 Å². The van der Waals surface area contributed by atoms with E-state index >= 15 is 0 Å². The zero-order valence-electron chi connectivity index (χ0n) is 18.7. The molecule has 4 nitrogen and oxygen atoms in total. The summed E-state index contributed by atoms with van der Waals surface area (Å²) < 4.78 is 0. The van der Waals surface area contributed by atoms with Crippen molar-refractivity contribution in [2.75, 3.05) is 12.4 Å². The smallest absolute Gasteiger partial charge is 0.234 e. The molecule has 1 aromatic carbocycles. The summed E-state index contributed by atoms with van der Waals surface area (Å²) in [6.07, 6.45) is 15.4. The number of rotatable bonds is 7. The van der Waals surface area contributed by atoms with Gasteiger partial charge in [-0.05, 0) is 56.1 Å². The monoisotopic (exact) mass is 409 g/mol. The number of nitrogens with one attached hydrogen (secondary N) is 2. The van der Waals surface area contributed by atoms with Crippen LogP contribution in [0.3, 0.4) is 0 Å². The second-order valence-electron chi connectivity index (χ2n) is 10.3. The lowest BCUT2D eigenvalue weighted by Crippen LogP contribution is -2.37. The van der Waals surface area contributed by atoms with Gasteiger partial charge in [-0.3, -0.25) is 10.2 Å². The van der Waals surface area contributed by atoms with Crippen molar-refractivity contribution >= 4 is 17.4 Å².